The monoisotopic (exact) mass is 568 g/mol. The molecule has 0 atom stereocenters. The molecule has 36 heavy (non-hydrogen) atoms. The van der Waals surface area contributed by atoms with E-state index in [4.69, 9.17) is 17.0 Å². The second-order valence-corrected chi connectivity index (χ2v) is 9.05. The van der Waals surface area contributed by atoms with E-state index < -0.39 is 17.6 Å². The van der Waals surface area contributed by atoms with Crippen LogP contribution in [0.15, 0.2) is 83.4 Å². The number of allylic oxidation sites excluding steroid dienone is 1. The molecule has 1 fully saturated rings. The van der Waals surface area contributed by atoms with Crippen molar-refractivity contribution in [1.82, 2.24) is 5.32 Å². The van der Waals surface area contributed by atoms with Crippen molar-refractivity contribution in [2.45, 2.75) is 13.0 Å². The number of carbonyl (C=O) groups excluding carboxylic acids is 2. The van der Waals surface area contributed by atoms with Crippen molar-refractivity contribution < 1.29 is 23.1 Å². The number of benzene rings is 3. The van der Waals surface area contributed by atoms with Crippen LogP contribution in [0.4, 0.5) is 14.5 Å². The lowest BCUT2D eigenvalue weighted by molar-refractivity contribution is -0.122. The predicted octanol–water partition coefficient (Wildman–Crippen LogP) is 5.87. The average Bonchev–Trinajstić information content (AvgIpc) is 2.82. The molecule has 1 aliphatic heterocycles. The molecule has 4 rings (SSSR count). The van der Waals surface area contributed by atoms with E-state index in [9.17, 15) is 18.4 Å². The maximum Gasteiger partial charge on any atom is 0.270 e. The lowest BCUT2D eigenvalue weighted by Gasteiger charge is -2.29. The van der Waals surface area contributed by atoms with Crippen LogP contribution in [0.25, 0.3) is 6.08 Å². The van der Waals surface area contributed by atoms with Crippen molar-refractivity contribution in [3.63, 3.8) is 0 Å². The Labute approximate surface area is 220 Å². The summed E-state index contributed by atoms with van der Waals surface area (Å²) < 4.78 is 34.4. The Bertz CT molecular complexity index is 1420. The van der Waals surface area contributed by atoms with Gasteiger partial charge in [-0.2, -0.15) is 0 Å². The van der Waals surface area contributed by atoms with Gasteiger partial charge in [-0.15, -0.1) is 6.58 Å². The van der Waals surface area contributed by atoms with E-state index in [0.717, 1.165) is 10.5 Å². The van der Waals surface area contributed by atoms with Gasteiger partial charge >= 0.3 is 0 Å². The fourth-order valence-corrected chi connectivity index (χ4v) is 4.59. The van der Waals surface area contributed by atoms with Crippen molar-refractivity contribution in [3.8, 4) is 5.75 Å². The number of nitrogens with zero attached hydrogens (tertiary/aromatic N) is 1. The highest BCUT2D eigenvalue weighted by Gasteiger charge is 2.35. The van der Waals surface area contributed by atoms with Crippen LogP contribution in [-0.2, 0) is 22.6 Å². The number of nitrogens with one attached hydrogen (secondary N) is 1. The fourth-order valence-electron chi connectivity index (χ4n) is 3.68. The van der Waals surface area contributed by atoms with Gasteiger partial charge in [0.2, 0.25) is 0 Å². The van der Waals surface area contributed by atoms with Gasteiger partial charge in [-0.25, -0.2) is 13.7 Å². The third-order valence-corrected chi connectivity index (χ3v) is 6.16. The number of hydrogen-bond donors (Lipinski definition) is 1. The van der Waals surface area contributed by atoms with Crippen LogP contribution >= 0.6 is 28.1 Å². The topological polar surface area (TPSA) is 58.6 Å². The van der Waals surface area contributed by atoms with Gasteiger partial charge in [0, 0.05) is 0 Å². The van der Waals surface area contributed by atoms with Gasteiger partial charge in [0.25, 0.3) is 11.8 Å². The number of rotatable bonds is 7. The summed E-state index contributed by atoms with van der Waals surface area (Å²) in [6.45, 7) is 3.91. The van der Waals surface area contributed by atoms with Crippen LogP contribution < -0.4 is 15.0 Å². The second kappa shape index (κ2) is 10.9. The fraction of sp³-hybridized carbons (Fsp3) is 0.0741. The van der Waals surface area contributed by atoms with Gasteiger partial charge in [0.05, 0.1) is 10.2 Å². The lowest BCUT2D eigenvalue weighted by atomic mass is 10.0. The van der Waals surface area contributed by atoms with Gasteiger partial charge in [-0.05, 0) is 93.7 Å². The Morgan fingerprint density at radius 2 is 1.86 bits per heavy atom. The zero-order valence-corrected chi connectivity index (χ0v) is 21.2. The Hall–Kier alpha value is -3.69. The quantitative estimate of drug-likeness (QED) is 0.168. The van der Waals surface area contributed by atoms with Crippen LogP contribution in [0.5, 0.6) is 5.75 Å². The van der Waals surface area contributed by atoms with E-state index >= 15 is 0 Å². The maximum absolute atomic E-state index is 14.4. The van der Waals surface area contributed by atoms with Gasteiger partial charge in [0.15, 0.2) is 5.11 Å². The van der Waals surface area contributed by atoms with E-state index in [1.165, 1.54) is 36.4 Å². The summed E-state index contributed by atoms with van der Waals surface area (Å²) in [4.78, 5) is 26.8. The molecule has 9 heteroatoms. The zero-order valence-electron chi connectivity index (χ0n) is 18.8. The molecule has 0 saturated carbocycles. The van der Waals surface area contributed by atoms with Crippen molar-refractivity contribution in [2.75, 3.05) is 4.90 Å². The molecular formula is C27H19BrF2N2O3S. The number of amides is 2. The number of halogens is 3. The summed E-state index contributed by atoms with van der Waals surface area (Å²) in [5.74, 6) is -1.93. The highest BCUT2D eigenvalue weighted by atomic mass is 79.9. The summed E-state index contributed by atoms with van der Waals surface area (Å²) in [6, 6.07) is 15.2. The van der Waals surface area contributed by atoms with Gasteiger partial charge in [-0.3, -0.25) is 14.9 Å². The first kappa shape index (κ1) is 25.4. The second-order valence-electron chi connectivity index (χ2n) is 7.81. The van der Waals surface area contributed by atoms with E-state index in [2.05, 4.69) is 27.8 Å². The molecular weight excluding hydrogens is 550 g/mol. The molecule has 1 heterocycles. The predicted molar refractivity (Wildman–Crippen MR) is 141 cm³/mol. The molecule has 1 N–H and O–H groups in total. The van der Waals surface area contributed by atoms with Gasteiger partial charge in [0.1, 0.15) is 29.6 Å². The maximum atomic E-state index is 14.4. The van der Waals surface area contributed by atoms with E-state index in [1.54, 1.807) is 36.4 Å². The molecule has 0 unspecified atom stereocenters. The van der Waals surface area contributed by atoms with Gasteiger partial charge < -0.3 is 4.74 Å². The largest absolute Gasteiger partial charge is 0.487 e. The first-order valence-corrected chi connectivity index (χ1v) is 11.9. The molecule has 1 saturated heterocycles. The minimum Gasteiger partial charge on any atom is -0.487 e. The first-order chi connectivity index (χ1) is 17.3. The van der Waals surface area contributed by atoms with Crippen LogP contribution in [0.2, 0.25) is 0 Å². The third-order valence-electron chi connectivity index (χ3n) is 5.29. The first-order valence-electron chi connectivity index (χ1n) is 10.7. The molecule has 5 nitrogen and oxygen atoms in total. The van der Waals surface area contributed by atoms with E-state index in [1.807, 2.05) is 0 Å². The zero-order chi connectivity index (χ0) is 25.8. The molecule has 182 valence electrons. The van der Waals surface area contributed by atoms with Crippen molar-refractivity contribution in [1.29, 1.82) is 0 Å². The highest BCUT2D eigenvalue weighted by molar-refractivity contribution is 9.10. The number of anilines is 1. The van der Waals surface area contributed by atoms with E-state index in [0.29, 0.717) is 27.8 Å². The Kier molecular flexibility index (Phi) is 7.71. The lowest BCUT2D eigenvalue weighted by Crippen LogP contribution is -2.54. The molecule has 0 aromatic heterocycles. The number of para-hydroxylation sites is 1. The summed E-state index contributed by atoms with van der Waals surface area (Å²) in [5.41, 5.74) is 1.64. The molecule has 0 radical (unpaired) electrons. The Balaban J connectivity index is 1.68. The Morgan fingerprint density at radius 3 is 2.58 bits per heavy atom. The van der Waals surface area contributed by atoms with Gasteiger partial charge in [-0.1, -0.05) is 30.3 Å². The molecule has 0 aliphatic carbocycles. The molecule has 0 bridgehead atoms. The minimum absolute atomic E-state index is 0.0620. The third kappa shape index (κ3) is 5.42. The van der Waals surface area contributed by atoms with E-state index in [-0.39, 0.29) is 28.8 Å². The molecule has 2 amide bonds. The standard InChI is InChI=1S/C27H19BrF2N2O3S/c1-2-6-18-11-17(14-21(28)24(18)35-15-16-7-5-8-19(29)12-16)13-20-25(33)31-27(36)32(26(20)34)23-10-4-3-9-22(23)30/h2-5,7-14H,1,6,15H2,(H,31,33,36)/b20-13+. The highest BCUT2D eigenvalue weighted by Crippen LogP contribution is 2.34. The van der Waals surface area contributed by atoms with Crippen LogP contribution in [0, 0.1) is 11.6 Å². The Morgan fingerprint density at radius 1 is 1.08 bits per heavy atom. The van der Waals surface area contributed by atoms with Crippen molar-refractivity contribution in [3.05, 3.63) is 112 Å². The average molecular weight is 569 g/mol. The van der Waals surface area contributed by atoms with Crippen molar-refractivity contribution in [2.24, 2.45) is 0 Å². The molecule has 3 aromatic carbocycles. The number of hydrogen-bond acceptors (Lipinski definition) is 4. The molecule has 0 spiro atoms. The number of thiocarbonyl (C=S) groups is 1. The SMILES string of the molecule is C=CCc1cc(/C=C2\C(=O)NC(=S)N(c3ccccc3F)C2=O)cc(Br)c1OCc1cccc(F)c1. The minimum atomic E-state index is -0.748. The van der Waals surface area contributed by atoms with Crippen LogP contribution in [-0.4, -0.2) is 16.9 Å². The summed E-state index contributed by atoms with van der Waals surface area (Å²) in [5, 5.41) is 2.24. The summed E-state index contributed by atoms with van der Waals surface area (Å²) in [6.07, 6.45) is 3.52. The van der Waals surface area contributed by atoms with Crippen LogP contribution in [0.3, 0.4) is 0 Å². The van der Waals surface area contributed by atoms with Crippen molar-refractivity contribution >= 4 is 56.8 Å². The summed E-state index contributed by atoms with van der Waals surface area (Å²) >= 11 is 8.62. The normalized spacial score (nSPS) is 14.7. The van der Waals surface area contributed by atoms with Crippen LogP contribution in [0.1, 0.15) is 16.7 Å². The number of carbonyl (C=O) groups is 2. The smallest absolute Gasteiger partial charge is 0.270 e. The molecule has 1 aliphatic rings. The number of ether oxygens (including phenoxy) is 1. The molecule has 3 aromatic rings. The summed E-state index contributed by atoms with van der Waals surface area (Å²) in [7, 11) is 0.